The number of nitrogens with zero attached hydrogens (tertiary/aromatic N) is 2. The van der Waals surface area contributed by atoms with Crippen LogP contribution in [0.4, 0.5) is 0 Å². The van der Waals surface area contributed by atoms with Gasteiger partial charge in [-0.05, 0) is 63.2 Å². The van der Waals surface area contributed by atoms with E-state index in [1.54, 1.807) is 0 Å². The lowest BCUT2D eigenvalue weighted by molar-refractivity contribution is 0.131. The Kier molecular flexibility index (Phi) is 17.3. The zero-order chi connectivity index (χ0) is 21.9. The van der Waals surface area contributed by atoms with Gasteiger partial charge in [-0.15, -0.1) is 0 Å². The molecule has 8 heteroatoms. The van der Waals surface area contributed by atoms with Gasteiger partial charge in [-0.25, -0.2) is 0 Å². The van der Waals surface area contributed by atoms with Crippen molar-refractivity contribution in [1.82, 2.24) is 31.1 Å². The first kappa shape index (κ1) is 27.3. The number of hydrogen-bond acceptors (Lipinski definition) is 4. The third kappa shape index (κ3) is 15.2. The van der Waals surface area contributed by atoms with E-state index < -0.39 is 0 Å². The molecule has 0 aromatic heterocycles. The Morgan fingerprint density at radius 3 is 1.23 bits per heavy atom. The smallest absolute Gasteiger partial charge is 0.166 e. The fraction of sp³-hybridized carbons (Fsp3) is 0.909. The molecule has 0 bridgehead atoms. The second kappa shape index (κ2) is 19.0. The molecule has 0 aliphatic carbocycles. The van der Waals surface area contributed by atoms with Gasteiger partial charge in [0.1, 0.15) is 0 Å². The van der Waals surface area contributed by atoms with Crippen molar-refractivity contribution in [2.75, 3.05) is 65.4 Å². The summed E-state index contributed by atoms with van der Waals surface area (Å²) in [7, 11) is 0. The first-order valence-electron chi connectivity index (χ1n) is 12.1. The van der Waals surface area contributed by atoms with Gasteiger partial charge < -0.3 is 31.1 Å². The highest BCUT2D eigenvalue weighted by Gasteiger charge is 2.15. The molecule has 0 atom stereocenters. The molecule has 1 rings (SSSR count). The van der Waals surface area contributed by atoms with Crippen molar-refractivity contribution in [2.45, 2.75) is 65.2 Å². The summed E-state index contributed by atoms with van der Waals surface area (Å²) in [6.07, 6.45) is 9.70. The van der Waals surface area contributed by atoms with E-state index in [0.29, 0.717) is 0 Å². The maximum absolute atomic E-state index is 5.33. The van der Waals surface area contributed by atoms with Crippen LogP contribution in [-0.4, -0.2) is 85.5 Å². The molecule has 30 heavy (non-hydrogen) atoms. The molecule has 0 aromatic rings. The van der Waals surface area contributed by atoms with Gasteiger partial charge >= 0.3 is 0 Å². The molecule has 1 heterocycles. The Morgan fingerprint density at radius 1 is 0.567 bits per heavy atom. The highest BCUT2D eigenvalue weighted by Crippen LogP contribution is 2.03. The van der Waals surface area contributed by atoms with Gasteiger partial charge in [-0.2, -0.15) is 0 Å². The molecule has 0 spiro atoms. The van der Waals surface area contributed by atoms with E-state index in [9.17, 15) is 0 Å². The number of nitrogens with one attached hydrogen (secondary N) is 4. The highest BCUT2D eigenvalue weighted by molar-refractivity contribution is 7.80. The third-order valence-electron chi connectivity index (χ3n) is 5.47. The van der Waals surface area contributed by atoms with E-state index in [1.165, 1.54) is 64.7 Å². The maximum Gasteiger partial charge on any atom is 0.166 e. The fourth-order valence-corrected chi connectivity index (χ4v) is 3.93. The summed E-state index contributed by atoms with van der Waals surface area (Å²) in [5, 5.41) is 14.9. The normalized spacial score (nSPS) is 15.0. The van der Waals surface area contributed by atoms with Crippen molar-refractivity contribution < 1.29 is 0 Å². The second-order valence-corrected chi connectivity index (χ2v) is 8.99. The molecule has 6 nitrogen and oxygen atoms in total. The molecule has 0 amide bonds. The van der Waals surface area contributed by atoms with Crippen LogP contribution in [0.1, 0.15) is 65.2 Å². The van der Waals surface area contributed by atoms with Crippen LogP contribution in [0, 0.1) is 0 Å². The third-order valence-corrected chi connectivity index (χ3v) is 6.05. The zero-order valence-electron chi connectivity index (χ0n) is 19.4. The minimum atomic E-state index is 0.806. The van der Waals surface area contributed by atoms with E-state index in [1.807, 2.05) is 0 Å². The summed E-state index contributed by atoms with van der Waals surface area (Å²) < 4.78 is 0. The summed E-state index contributed by atoms with van der Waals surface area (Å²) in [4.78, 5) is 5.15. The quantitative estimate of drug-likeness (QED) is 0.208. The number of thiocarbonyl (C=S) groups is 2. The van der Waals surface area contributed by atoms with E-state index in [2.05, 4.69) is 44.9 Å². The Bertz CT molecular complexity index is 401. The minimum Gasteiger partial charge on any atom is -0.363 e. The van der Waals surface area contributed by atoms with E-state index >= 15 is 0 Å². The van der Waals surface area contributed by atoms with Gasteiger partial charge in [0.05, 0.1) is 0 Å². The number of rotatable bonds is 16. The van der Waals surface area contributed by atoms with Crippen LogP contribution < -0.4 is 21.3 Å². The van der Waals surface area contributed by atoms with Crippen LogP contribution in [0.2, 0.25) is 0 Å². The number of unbranched alkanes of at least 4 members (excludes halogenated alkanes) is 4. The van der Waals surface area contributed by atoms with Gasteiger partial charge in [0.15, 0.2) is 10.2 Å². The fourth-order valence-electron chi connectivity index (χ4n) is 3.52. The van der Waals surface area contributed by atoms with Crippen molar-refractivity contribution in [3.05, 3.63) is 0 Å². The van der Waals surface area contributed by atoms with E-state index in [0.717, 1.165) is 62.3 Å². The monoisotopic (exact) mass is 458 g/mol. The zero-order valence-corrected chi connectivity index (χ0v) is 21.1. The lowest BCUT2D eigenvalue weighted by Gasteiger charge is -2.34. The Hall–Kier alpha value is -0.700. The summed E-state index contributed by atoms with van der Waals surface area (Å²) in [5.74, 6) is 0. The second-order valence-electron chi connectivity index (χ2n) is 8.17. The van der Waals surface area contributed by atoms with Gasteiger partial charge in [0.2, 0.25) is 0 Å². The van der Waals surface area contributed by atoms with Crippen LogP contribution in [0.15, 0.2) is 0 Å². The molecule has 1 fully saturated rings. The molecule has 1 saturated heterocycles. The molecule has 0 saturated carbocycles. The summed E-state index contributed by atoms with van der Waals surface area (Å²) in [5.41, 5.74) is 0. The standard InChI is InChI=1S/C22H46N6S2/c1-3-5-7-11-23-21(29)25-13-9-15-27-17-19-28(20-18-27)16-10-14-26-22(30)24-12-8-6-4-2/h3-20H2,1-2H3,(H2,23,25,29)(H2,24,26,30). The molecule has 0 radical (unpaired) electrons. The molecule has 176 valence electrons. The average Bonchev–Trinajstić information content (AvgIpc) is 2.76. The molecule has 0 aromatic carbocycles. The summed E-state index contributed by atoms with van der Waals surface area (Å²) in [6, 6.07) is 0. The minimum absolute atomic E-state index is 0.806. The van der Waals surface area contributed by atoms with Crippen LogP contribution in [-0.2, 0) is 0 Å². The van der Waals surface area contributed by atoms with Crippen molar-refractivity contribution in [3.63, 3.8) is 0 Å². The van der Waals surface area contributed by atoms with Crippen molar-refractivity contribution in [2.24, 2.45) is 0 Å². The molecule has 0 unspecified atom stereocenters. The average molecular weight is 459 g/mol. The van der Waals surface area contributed by atoms with Crippen LogP contribution in [0.5, 0.6) is 0 Å². The number of hydrogen-bond donors (Lipinski definition) is 4. The lowest BCUT2D eigenvalue weighted by Crippen LogP contribution is -2.47. The van der Waals surface area contributed by atoms with E-state index in [-0.39, 0.29) is 0 Å². The first-order valence-corrected chi connectivity index (χ1v) is 13.0. The molecule has 1 aliphatic rings. The predicted octanol–water partition coefficient (Wildman–Crippen LogP) is 2.69. The van der Waals surface area contributed by atoms with Crippen LogP contribution in [0.3, 0.4) is 0 Å². The van der Waals surface area contributed by atoms with E-state index in [4.69, 9.17) is 24.4 Å². The SMILES string of the molecule is CCCCCNC(=S)NCCCN1CCN(CCCNC(=S)NCCCCC)CC1. The molecule has 4 N–H and O–H groups in total. The summed E-state index contributed by atoms with van der Waals surface area (Å²) >= 11 is 10.7. The Labute approximate surface area is 196 Å². The van der Waals surface area contributed by atoms with Gasteiger partial charge in [-0.1, -0.05) is 39.5 Å². The predicted molar refractivity (Wildman–Crippen MR) is 138 cm³/mol. The van der Waals surface area contributed by atoms with Gasteiger partial charge in [-0.3, -0.25) is 0 Å². The van der Waals surface area contributed by atoms with Crippen molar-refractivity contribution in [1.29, 1.82) is 0 Å². The van der Waals surface area contributed by atoms with Crippen molar-refractivity contribution >= 4 is 34.7 Å². The van der Waals surface area contributed by atoms with Crippen LogP contribution >= 0.6 is 24.4 Å². The molecule has 1 aliphatic heterocycles. The first-order chi connectivity index (χ1) is 14.7. The molecular weight excluding hydrogens is 412 g/mol. The number of piperazine rings is 1. The van der Waals surface area contributed by atoms with Gasteiger partial charge in [0.25, 0.3) is 0 Å². The molecular formula is C22H46N6S2. The van der Waals surface area contributed by atoms with Crippen molar-refractivity contribution in [3.8, 4) is 0 Å². The Morgan fingerprint density at radius 2 is 0.900 bits per heavy atom. The largest absolute Gasteiger partial charge is 0.363 e. The lowest BCUT2D eigenvalue weighted by atomic mass is 10.2. The summed E-state index contributed by atoms with van der Waals surface area (Å²) in [6.45, 7) is 15.3. The van der Waals surface area contributed by atoms with Crippen LogP contribution in [0.25, 0.3) is 0 Å². The topological polar surface area (TPSA) is 54.6 Å². The Balaban J connectivity index is 1.93. The highest BCUT2D eigenvalue weighted by atomic mass is 32.1. The van der Waals surface area contributed by atoms with Gasteiger partial charge in [0, 0.05) is 52.4 Å². The maximum atomic E-state index is 5.33.